The summed E-state index contributed by atoms with van der Waals surface area (Å²) in [5.74, 6) is 0.703. The first-order valence-electron chi connectivity index (χ1n) is 11.8. The molecule has 0 unspecified atom stereocenters. The van der Waals surface area contributed by atoms with Gasteiger partial charge in [0, 0.05) is 42.1 Å². The summed E-state index contributed by atoms with van der Waals surface area (Å²) < 4.78 is 0. The molecule has 0 fully saturated rings. The number of rotatable bonds is 5. The standard InChI is InChI=1S/C32H22N4/c1-2-13-34-31(10-1)27-9-4-7-25(19-27)24-6-3-8-26(18-24)29-20-28(23-11-16-33-17-12-23)21-30(22-29)32-35-14-5-15-36-32/h1-22H. The molecule has 0 aliphatic rings. The quantitative estimate of drug-likeness (QED) is 0.265. The number of benzene rings is 3. The van der Waals surface area contributed by atoms with Gasteiger partial charge in [0.1, 0.15) is 0 Å². The van der Waals surface area contributed by atoms with E-state index in [2.05, 4.69) is 86.7 Å². The molecule has 3 aromatic carbocycles. The van der Waals surface area contributed by atoms with Crippen LogP contribution in [-0.2, 0) is 0 Å². The largest absolute Gasteiger partial charge is 0.265 e. The van der Waals surface area contributed by atoms with Crippen LogP contribution in [0.1, 0.15) is 0 Å². The van der Waals surface area contributed by atoms with Crippen LogP contribution in [0, 0.1) is 0 Å². The Morgan fingerprint density at radius 2 is 0.889 bits per heavy atom. The molecule has 0 saturated heterocycles. The highest BCUT2D eigenvalue weighted by atomic mass is 14.8. The molecule has 4 nitrogen and oxygen atoms in total. The predicted octanol–water partition coefficient (Wildman–Crippen LogP) is 7.60. The fraction of sp³-hybridized carbons (Fsp3) is 0. The van der Waals surface area contributed by atoms with Gasteiger partial charge in [-0.1, -0.05) is 42.5 Å². The van der Waals surface area contributed by atoms with Gasteiger partial charge in [0.2, 0.25) is 0 Å². The van der Waals surface area contributed by atoms with Crippen LogP contribution in [0.15, 0.2) is 134 Å². The molecule has 0 radical (unpaired) electrons. The topological polar surface area (TPSA) is 51.6 Å². The van der Waals surface area contributed by atoms with Crippen LogP contribution in [-0.4, -0.2) is 19.9 Å². The normalized spacial score (nSPS) is 10.8. The van der Waals surface area contributed by atoms with Crippen molar-refractivity contribution >= 4 is 0 Å². The zero-order valence-corrected chi connectivity index (χ0v) is 19.5. The monoisotopic (exact) mass is 462 g/mol. The van der Waals surface area contributed by atoms with E-state index >= 15 is 0 Å². The van der Waals surface area contributed by atoms with E-state index < -0.39 is 0 Å². The lowest BCUT2D eigenvalue weighted by molar-refractivity contribution is 1.18. The van der Waals surface area contributed by atoms with Crippen LogP contribution in [0.2, 0.25) is 0 Å². The number of nitrogens with zero attached hydrogens (tertiary/aromatic N) is 4. The molecule has 6 aromatic rings. The fourth-order valence-electron chi connectivity index (χ4n) is 4.35. The minimum atomic E-state index is 0.703. The first-order valence-corrected chi connectivity index (χ1v) is 11.8. The summed E-state index contributed by atoms with van der Waals surface area (Å²) in [5.41, 5.74) is 9.77. The third-order valence-corrected chi connectivity index (χ3v) is 6.12. The summed E-state index contributed by atoms with van der Waals surface area (Å²) in [4.78, 5) is 17.7. The highest BCUT2D eigenvalue weighted by Crippen LogP contribution is 2.34. The second kappa shape index (κ2) is 9.72. The molecule has 0 amide bonds. The van der Waals surface area contributed by atoms with Crippen molar-refractivity contribution in [3.63, 3.8) is 0 Å². The number of pyridine rings is 2. The van der Waals surface area contributed by atoms with E-state index in [1.807, 2.05) is 55.0 Å². The summed E-state index contributed by atoms with van der Waals surface area (Å²) >= 11 is 0. The van der Waals surface area contributed by atoms with Gasteiger partial charge >= 0.3 is 0 Å². The SMILES string of the molecule is c1ccc(-c2cccc(-c3cccc(-c4cc(-c5ccncc5)cc(-c5ncccn5)c4)c3)c2)nc1. The van der Waals surface area contributed by atoms with Gasteiger partial charge in [-0.25, -0.2) is 9.97 Å². The molecule has 3 aromatic heterocycles. The summed E-state index contributed by atoms with van der Waals surface area (Å²) in [6, 6.07) is 35.5. The summed E-state index contributed by atoms with van der Waals surface area (Å²) in [7, 11) is 0. The second-order valence-electron chi connectivity index (χ2n) is 8.48. The highest BCUT2D eigenvalue weighted by Gasteiger charge is 2.10. The van der Waals surface area contributed by atoms with E-state index in [9.17, 15) is 0 Å². The van der Waals surface area contributed by atoms with E-state index in [4.69, 9.17) is 0 Å². The first kappa shape index (κ1) is 21.6. The minimum absolute atomic E-state index is 0.703. The lowest BCUT2D eigenvalue weighted by Gasteiger charge is -2.12. The lowest BCUT2D eigenvalue weighted by atomic mass is 9.93. The van der Waals surface area contributed by atoms with E-state index in [0.717, 1.165) is 50.2 Å². The van der Waals surface area contributed by atoms with Gasteiger partial charge in [-0.3, -0.25) is 9.97 Å². The molecule has 0 bridgehead atoms. The molecule has 3 heterocycles. The summed E-state index contributed by atoms with van der Waals surface area (Å²) in [6.07, 6.45) is 9.00. The van der Waals surface area contributed by atoms with E-state index in [0.29, 0.717) is 5.82 Å². The van der Waals surface area contributed by atoms with Crippen molar-refractivity contribution in [1.82, 2.24) is 19.9 Å². The molecule has 0 aliphatic heterocycles. The van der Waals surface area contributed by atoms with Crippen molar-refractivity contribution in [1.29, 1.82) is 0 Å². The van der Waals surface area contributed by atoms with Crippen molar-refractivity contribution in [2.24, 2.45) is 0 Å². The van der Waals surface area contributed by atoms with E-state index in [1.165, 1.54) is 0 Å². The Hall–Kier alpha value is -4.96. The molecular formula is C32H22N4. The average Bonchev–Trinajstić information content (AvgIpc) is 2.98. The number of hydrogen-bond acceptors (Lipinski definition) is 4. The average molecular weight is 463 g/mol. The third kappa shape index (κ3) is 4.52. The van der Waals surface area contributed by atoms with Crippen LogP contribution < -0.4 is 0 Å². The second-order valence-corrected chi connectivity index (χ2v) is 8.48. The Morgan fingerprint density at radius 1 is 0.333 bits per heavy atom. The number of hydrogen-bond donors (Lipinski definition) is 0. The molecule has 0 atom stereocenters. The summed E-state index contributed by atoms with van der Waals surface area (Å²) in [5, 5.41) is 0. The van der Waals surface area contributed by atoms with Gasteiger partial charge in [-0.05, 0) is 94.0 Å². The maximum absolute atomic E-state index is 4.51. The zero-order chi connectivity index (χ0) is 24.2. The van der Waals surface area contributed by atoms with Crippen molar-refractivity contribution in [3.8, 4) is 56.0 Å². The molecule has 0 spiro atoms. The number of aromatic nitrogens is 4. The molecule has 170 valence electrons. The molecule has 36 heavy (non-hydrogen) atoms. The van der Waals surface area contributed by atoms with Crippen LogP contribution in [0.4, 0.5) is 0 Å². The van der Waals surface area contributed by atoms with Crippen molar-refractivity contribution in [3.05, 3.63) is 134 Å². The van der Waals surface area contributed by atoms with Crippen LogP contribution in [0.25, 0.3) is 56.0 Å². The molecule has 4 heteroatoms. The minimum Gasteiger partial charge on any atom is -0.265 e. The van der Waals surface area contributed by atoms with E-state index in [1.54, 1.807) is 12.4 Å². The summed E-state index contributed by atoms with van der Waals surface area (Å²) in [6.45, 7) is 0. The molecular weight excluding hydrogens is 440 g/mol. The molecule has 0 saturated carbocycles. The first-order chi connectivity index (χ1) is 17.8. The Morgan fingerprint density at radius 3 is 1.58 bits per heavy atom. The molecule has 0 N–H and O–H groups in total. The van der Waals surface area contributed by atoms with E-state index in [-0.39, 0.29) is 0 Å². The van der Waals surface area contributed by atoms with Crippen LogP contribution in [0.5, 0.6) is 0 Å². The third-order valence-electron chi connectivity index (χ3n) is 6.12. The molecule has 6 rings (SSSR count). The maximum Gasteiger partial charge on any atom is 0.159 e. The van der Waals surface area contributed by atoms with Gasteiger partial charge in [0.25, 0.3) is 0 Å². The van der Waals surface area contributed by atoms with Crippen LogP contribution >= 0.6 is 0 Å². The lowest BCUT2D eigenvalue weighted by Crippen LogP contribution is -1.90. The van der Waals surface area contributed by atoms with Gasteiger partial charge in [-0.2, -0.15) is 0 Å². The van der Waals surface area contributed by atoms with Crippen LogP contribution in [0.3, 0.4) is 0 Å². The molecule has 0 aliphatic carbocycles. The smallest absolute Gasteiger partial charge is 0.159 e. The van der Waals surface area contributed by atoms with Crippen molar-refractivity contribution in [2.75, 3.05) is 0 Å². The predicted molar refractivity (Wildman–Crippen MR) is 145 cm³/mol. The van der Waals surface area contributed by atoms with Crippen molar-refractivity contribution < 1.29 is 0 Å². The van der Waals surface area contributed by atoms with Crippen molar-refractivity contribution in [2.45, 2.75) is 0 Å². The van der Waals surface area contributed by atoms with Gasteiger partial charge < -0.3 is 0 Å². The maximum atomic E-state index is 4.51. The Labute approximate surface area is 210 Å². The zero-order valence-electron chi connectivity index (χ0n) is 19.5. The Balaban J connectivity index is 1.45. The van der Waals surface area contributed by atoms with Gasteiger partial charge in [0.15, 0.2) is 5.82 Å². The Kier molecular flexibility index (Phi) is 5.83. The van der Waals surface area contributed by atoms with Gasteiger partial charge in [0.05, 0.1) is 5.69 Å². The van der Waals surface area contributed by atoms with Gasteiger partial charge in [-0.15, -0.1) is 0 Å². The fourth-order valence-corrected chi connectivity index (χ4v) is 4.35. The highest BCUT2D eigenvalue weighted by molar-refractivity contribution is 5.82. The Bertz CT molecular complexity index is 1560.